The molecule has 1 aliphatic heterocycles. The van der Waals surface area contributed by atoms with Crippen LogP contribution in [0, 0.1) is 5.92 Å². The van der Waals surface area contributed by atoms with Gasteiger partial charge in [0.25, 0.3) is 5.91 Å². The van der Waals surface area contributed by atoms with Crippen LogP contribution in [0.15, 0.2) is 41.5 Å². The molecule has 1 aliphatic rings. The van der Waals surface area contributed by atoms with Crippen molar-refractivity contribution in [1.82, 2.24) is 10.2 Å². The lowest BCUT2D eigenvalue weighted by atomic mass is 10.0. The number of rotatable bonds is 8. The fraction of sp³-hybridized carbons (Fsp3) is 0.571. The molecular weight excluding hydrogens is 296 g/mol. The van der Waals surface area contributed by atoms with Gasteiger partial charge in [-0.3, -0.25) is 10.1 Å². The molecule has 0 aliphatic carbocycles. The molecule has 0 aromatic heterocycles. The quantitative estimate of drug-likeness (QED) is 0.777. The summed E-state index contributed by atoms with van der Waals surface area (Å²) in [4.78, 5) is 14.8. The molecule has 0 radical (unpaired) electrons. The molecule has 1 aromatic carbocycles. The molecule has 2 atom stereocenters. The Morgan fingerprint density at radius 1 is 1.08 bits per heavy atom. The van der Waals surface area contributed by atoms with Crippen molar-refractivity contribution in [3.63, 3.8) is 0 Å². The largest absolute Gasteiger partial charge is 0.317 e. The Hall–Kier alpha value is -1.61. The van der Waals surface area contributed by atoms with E-state index < -0.39 is 0 Å². The van der Waals surface area contributed by atoms with E-state index in [9.17, 15) is 4.79 Å². The van der Waals surface area contributed by atoms with E-state index in [1.807, 2.05) is 17.9 Å². The third-order valence-electron chi connectivity index (χ3n) is 5.06. The molecule has 0 spiro atoms. The highest BCUT2D eigenvalue weighted by atomic mass is 16.2. The maximum atomic E-state index is 12.7. The van der Waals surface area contributed by atoms with Crippen LogP contribution in [0.4, 0.5) is 0 Å². The minimum absolute atomic E-state index is 0.0574. The number of nitrogens with zero attached hydrogens (tertiary/aromatic N) is 1. The average molecular weight is 328 g/mol. The van der Waals surface area contributed by atoms with E-state index in [1.54, 1.807) is 0 Å². The van der Waals surface area contributed by atoms with Crippen LogP contribution in [0.2, 0.25) is 0 Å². The molecule has 3 nitrogen and oxygen atoms in total. The van der Waals surface area contributed by atoms with Gasteiger partial charge in [-0.15, -0.1) is 0 Å². The Kier molecular flexibility index (Phi) is 6.61. The van der Waals surface area contributed by atoms with Crippen molar-refractivity contribution < 1.29 is 4.79 Å². The third kappa shape index (κ3) is 4.47. The normalized spacial score (nSPS) is 19.5. The van der Waals surface area contributed by atoms with Gasteiger partial charge in [0, 0.05) is 11.6 Å². The number of amides is 1. The van der Waals surface area contributed by atoms with Crippen molar-refractivity contribution in [1.29, 1.82) is 0 Å². The van der Waals surface area contributed by atoms with Gasteiger partial charge in [-0.2, -0.15) is 0 Å². The number of benzene rings is 1. The average Bonchev–Trinajstić information content (AvgIpc) is 2.77. The SMILES string of the molecule is CC1=C(C)[C@H](NCCC(C)C)N([C@H](C)CCc2ccccc2)C1=O. The molecule has 1 amide bonds. The van der Waals surface area contributed by atoms with Crippen molar-refractivity contribution >= 4 is 5.91 Å². The standard InChI is InChI=1S/C21H32N2O/c1-15(2)13-14-22-20-17(4)18(5)21(24)23(20)16(3)11-12-19-9-7-6-8-10-19/h6-10,15-16,20,22H,11-14H2,1-5H3/t16-,20-/m1/s1. The molecule has 1 aromatic rings. The van der Waals surface area contributed by atoms with Crippen LogP contribution in [0.5, 0.6) is 0 Å². The van der Waals surface area contributed by atoms with Crippen LogP contribution in [0.1, 0.15) is 53.0 Å². The van der Waals surface area contributed by atoms with Gasteiger partial charge in [-0.05, 0) is 63.6 Å². The monoisotopic (exact) mass is 328 g/mol. The Bertz CT molecular complexity index is 577. The van der Waals surface area contributed by atoms with Crippen molar-refractivity contribution in [3.05, 3.63) is 47.0 Å². The van der Waals surface area contributed by atoms with E-state index >= 15 is 0 Å². The second kappa shape index (κ2) is 8.48. The fourth-order valence-corrected chi connectivity index (χ4v) is 3.27. The second-order valence-corrected chi connectivity index (χ2v) is 7.43. The second-order valence-electron chi connectivity index (χ2n) is 7.43. The Morgan fingerprint density at radius 3 is 2.38 bits per heavy atom. The van der Waals surface area contributed by atoms with E-state index in [-0.39, 0.29) is 18.1 Å². The maximum Gasteiger partial charge on any atom is 0.251 e. The first-order chi connectivity index (χ1) is 11.4. The first-order valence-electron chi connectivity index (χ1n) is 9.19. The molecule has 0 bridgehead atoms. The summed E-state index contributed by atoms with van der Waals surface area (Å²) in [6.45, 7) is 11.6. The predicted molar refractivity (Wildman–Crippen MR) is 101 cm³/mol. The minimum Gasteiger partial charge on any atom is -0.317 e. The van der Waals surface area contributed by atoms with Crippen LogP contribution in [0.25, 0.3) is 0 Å². The summed E-state index contributed by atoms with van der Waals surface area (Å²) in [6.07, 6.45) is 3.17. The number of carbonyl (C=O) groups is 1. The van der Waals surface area contributed by atoms with Gasteiger partial charge in [-0.1, -0.05) is 44.2 Å². The van der Waals surface area contributed by atoms with Gasteiger partial charge in [0.05, 0.1) is 0 Å². The summed E-state index contributed by atoms with van der Waals surface area (Å²) in [5, 5.41) is 3.60. The molecule has 3 heteroatoms. The third-order valence-corrected chi connectivity index (χ3v) is 5.06. The van der Waals surface area contributed by atoms with Crippen molar-refractivity contribution in [2.45, 2.75) is 66.1 Å². The Balaban J connectivity index is 2.00. The lowest BCUT2D eigenvalue weighted by molar-refractivity contribution is -0.129. The highest BCUT2D eigenvalue weighted by Gasteiger charge is 2.37. The number of carbonyl (C=O) groups excluding carboxylic acids is 1. The van der Waals surface area contributed by atoms with Gasteiger partial charge in [0.1, 0.15) is 6.17 Å². The van der Waals surface area contributed by atoms with Crippen molar-refractivity contribution in [2.75, 3.05) is 6.54 Å². The Morgan fingerprint density at radius 2 is 1.75 bits per heavy atom. The molecule has 1 N–H and O–H groups in total. The topological polar surface area (TPSA) is 32.3 Å². The first-order valence-corrected chi connectivity index (χ1v) is 9.19. The molecule has 0 saturated carbocycles. The zero-order valence-corrected chi connectivity index (χ0v) is 15.8. The molecule has 0 saturated heterocycles. The lowest BCUT2D eigenvalue weighted by Gasteiger charge is -2.33. The smallest absolute Gasteiger partial charge is 0.251 e. The molecular formula is C21H32N2O. The van der Waals surface area contributed by atoms with Crippen molar-refractivity contribution in [3.8, 4) is 0 Å². The fourth-order valence-electron chi connectivity index (χ4n) is 3.27. The molecule has 2 rings (SSSR count). The van der Waals surface area contributed by atoms with Crippen LogP contribution in [-0.4, -0.2) is 29.6 Å². The summed E-state index contributed by atoms with van der Waals surface area (Å²) < 4.78 is 0. The summed E-state index contributed by atoms with van der Waals surface area (Å²) in [6, 6.07) is 10.7. The van der Waals surface area contributed by atoms with Gasteiger partial charge >= 0.3 is 0 Å². The van der Waals surface area contributed by atoms with Crippen LogP contribution in [-0.2, 0) is 11.2 Å². The van der Waals surface area contributed by atoms with Gasteiger partial charge in [0.2, 0.25) is 0 Å². The van der Waals surface area contributed by atoms with Crippen molar-refractivity contribution in [2.24, 2.45) is 5.92 Å². The minimum atomic E-state index is 0.0574. The number of nitrogens with one attached hydrogen (secondary N) is 1. The number of hydrogen-bond donors (Lipinski definition) is 1. The van der Waals surface area contributed by atoms with E-state index in [1.165, 1.54) is 11.1 Å². The van der Waals surface area contributed by atoms with E-state index in [0.29, 0.717) is 5.92 Å². The molecule has 24 heavy (non-hydrogen) atoms. The van der Waals surface area contributed by atoms with E-state index in [4.69, 9.17) is 0 Å². The summed E-state index contributed by atoms with van der Waals surface area (Å²) >= 11 is 0. The Labute approximate surface area is 147 Å². The van der Waals surface area contributed by atoms with E-state index in [2.05, 4.69) is 57.3 Å². The zero-order chi connectivity index (χ0) is 17.7. The lowest BCUT2D eigenvalue weighted by Crippen LogP contribution is -2.50. The summed E-state index contributed by atoms with van der Waals surface area (Å²) in [7, 11) is 0. The first kappa shape index (κ1) is 18.7. The highest BCUT2D eigenvalue weighted by Crippen LogP contribution is 2.27. The number of aryl methyl sites for hydroxylation is 1. The molecule has 0 unspecified atom stereocenters. The predicted octanol–water partition coefficient (Wildman–Crippen LogP) is 4.15. The van der Waals surface area contributed by atoms with Gasteiger partial charge in [0.15, 0.2) is 0 Å². The maximum absolute atomic E-state index is 12.7. The van der Waals surface area contributed by atoms with Crippen LogP contribution >= 0.6 is 0 Å². The van der Waals surface area contributed by atoms with Gasteiger partial charge < -0.3 is 4.90 Å². The molecule has 0 fully saturated rings. The van der Waals surface area contributed by atoms with Gasteiger partial charge in [-0.25, -0.2) is 0 Å². The summed E-state index contributed by atoms with van der Waals surface area (Å²) in [5.41, 5.74) is 3.42. The molecule has 132 valence electrons. The van der Waals surface area contributed by atoms with Crippen LogP contribution in [0.3, 0.4) is 0 Å². The molecule has 1 heterocycles. The summed E-state index contributed by atoms with van der Waals surface area (Å²) in [5.74, 6) is 0.860. The highest BCUT2D eigenvalue weighted by molar-refractivity contribution is 5.97. The van der Waals surface area contributed by atoms with Crippen LogP contribution < -0.4 is 5.32 Å². The number of hydrogen-bond acceptors (Lipinski definition) is 2. The van der Waals surface area contributed by atoms with E-state index in [0.717, 1.165) is 31.4 Å². The zero-order valence-electron chi connectivity index (χ0n) is 15.8.